The maximum absolute atomic E-state index is 13.0. The molecule has 0 aliphatic heterocycles. The van der Waals surface area contributed by atoms with Gasteiger partial charge < -0.3 is 10.1 Å². The standard InChI is InChI=1S/C24H27F3N4O4S2/c1-5-35-20-12-17(24(25,26)27)8-11-19(20)21(32)28-13-15(4)16-6-9-18(10-7-16)37(33,34)31-23-30-29-22(36-23)14(2)3/h6-12,14-15H,5,13H2,1-4H3,(H,28,32)(H,30,31)/t15-/m1/s1. The SMILES string of the molecule is CCOc1cc(C(F)(F)F)ccc1C(=O)NC[C@@H](C)c1ccc(S(=O)(=O)Nc2nnc(C(C)C)s2)cc1. The Morgan fingerprint density at radius 3 is 2.32 bits per heavy atom. The Balaban J connectivity index is 1.65. The highest BCUT2D eigenvalue weighted by atomic mass is 32.2. The number of nitrogens with zero attached hydrogens (tertiary/aromatic N) is 2. The fraction of sp³-hybridized carbons (Fsp3) is 0.375. The predicted octanol–water partition coefficient (Wildman–Crippen LogP) is 5.41. The van der Waals surface area contributed by atoms with Crippen LogP contribution in [0.5, 0.6) is 5.75 Å². The summed E-state index contributed by atoms with van der Waals surface area (Å²) in [6.45, 7) is 7.57. The van der Waals surface area contributed by atoms with E-state index in [9.17, 15) is 26.4 Å². The largest absolute Gasteiger partial charge is 0.493 e. The summed E-state index contributed by atoms with van der Waals surface area (Å²) in [5, 5.41) is 11.4. The second kappa shape index (κ2) is 11.5. The number of benzene rings is 2. The molecule has 1 atom stereocenters. The van der Waals surface area contributed by atoms with E-state index in [4.69, 9.17) is 4.74 Å². The van der Waals surface area contributed by atoms with Crippen LogP contribution in [0.2, 0.25) is 0 Å². The molecule has 1 amide bonds. The Bertz CT molecular complexity index is 1340. The van der Waals surface area contributed by atoms with Crippen LogP contribution < -0.4 is 14.8 Å². The van der Waals surface area contributed by atoms with Crippen molar-refractivity contribution in [3.8, 4) is 5.75 Å². The minimum Gasteiger partial charge on any atom is -0.493 e. The summed E-state index contributed by atoms with van der Waals surface area (Å²) < 4.78 is 72.1. The summed E-state index contributed by atoms with van der Waals surface area (Å²) >= 11 is 1.17. The quantitative estimate of drug-likeness (QED) is 0.345. The molecule has 8 nitrogen and oxygen atoms in total. The molecule has 2 aromatic carbocycles. The summed E-state index contributed by atoms with van der Waals surface area (Å²) in [5.74, 6) is -0.817. The number of ether oxygens (including phenoxy) is 1. The third-order valence-corrected chi connectivity index (χ3v) is 7.96. The first-order valence-corrected chi connectivity index (χ1v) is 13.7. The number of anilines is 1. The number of halogens is 3. The average Bonchev–Trinajstić information content (AvgIpc) is 3.30. The zero-order chi connectivity index (χ0) is 27.4. The minimum absolute atomic E-state index is 0.00753. The van der Waals surface area contributed by atoms with E-state index in [1.54, 1.807) is 19.1 Å². The maximum Gasteiger partial charge on any atom is 0.416 e. The fourth-order valence-electron chi connectivity index (χ4n) is 3.28. The molecule has 0 aliphatic rings. The smallest absolute Gasteiger partial charge is 0.416 e. The number of carbonyl (C=O) groups is 1. The Morgan fingerprint density at radius 2 is 1.76 bits per heavy atom. The van der Waals surface area contributed by atoms with Crippen molar-refractivity contribution in [3.63, 3.8) is 0 Å². The van der Waals surface area contributed by atoms with Gasteiger partial charge in [-0.3, -0.25) is 9.52 Å². The fourth-order valence-corrected chi connectivity index (χ4v) is 5.25. The topological polar surface area (TPSA) is 110 Å². The van der Waals surface area contributed by atoms with Crippen molar-refractivity contribution in [2.24, 2.45) is 0 Å². The van der Waals surface area contributed by atoms with Crippen LogP contribution in [0.4, 0.5) is 18.3 Å². The van der Waals surface area contributed by atoms with Gasteiger partial charge in [0.1, 0.15) is 10.8 Å². The molecular weight excluding hydrogens is 529 g/mol. The second-order valence-electron chi connectivity index (χ2n) is 8.53. The van der Waals surface area contributed by atoms with Gasteiger partial charge in [0.2, 0.25) is 5.13 Å². The molecule has 0 saturated carbocycles. The lowest BCUT2D eigenvalue weighted by Gasteiger charge is -2.16. The Kier molecular flexibility index (Phi) is 8.80. The van der Waals surface area contributed by atoms with Crippen molar-refractivity contribution in [2.75, 3.05) is 17.9 Å². The molecule has 0 spiro atoms. The molecule has 3 aromatic rings. The number of rotatable bonds is 10. The van der Waals surface area contributed by atoms with E-state index < -0.39 is 27.7 Å². The van der Waals surface area contributed by atoms with Crippen LogP contribution in [0.25, 0.3) is 0 Å². The number of nitrogens with one attached hydrogen (secondary N) is 2. The van der Waals surface area contributed by atoms with Gasteiger partial charge in [0, 0.05) is 12.5 Å². The molecular formula is C24H27F3N4O4S2. The van der Waals surface area contributed by atoms with Crippen molar-refractivity contribution in [1.82, 2.24) is 15.5 Å². The summed E-state index contributed by atoms with van der Waals surface area (Å²) in [5.41, 5.74) is -0.154. The van der Waals surface area contributed by atoms with Crippen LogP contribution >= 0.6 is 11.3 Å². The molecule has 0 unspecified atom stereocenters. The van der Waals surface area contributed by atoms with Gasteiger partial charge in [-0.05, 0) is 48.7 Å². The number of sulfonamides is 1. The monoisotopic (exact) mass is 556 g/mol. The number of aromatic nitrogens is 2. The molecule has 3 rings (SSSR count). The highest BCUT2D eigenvalue weighted by Crippen LogP contribution is 2.33. The van der Waals surface area contributed by atoms with Crippen LogP contribution in [-0.2, 0) is 16.2 Å². The van der Waals surface area contributed by atoms with E-state index in [0.29, 0.717) is 5.01 Å². The molecule has 1 aromatic heterocycles. The number of alkyl halides is 3. The van der Waals surface area contributed by atoms with Crippen LogP contribution in [0.3, 0.4) is 0 Å². The lowest BCUT2D eigenvalue weighted by molar-refractivity contribution is -0.137. The van der Waals surface area contributed by atoms with Gasteiger partial charge in [-0.25, -0.2) is 8.42 Å². The number of carbonyl (C=O) groups excluding carboxylic acids is 1. The first-order valence-electron chi connectivity index (χ1n) is 11.4. The van der Waals surface area contributed by atoms with Crippen molar-refractivity contribution >= 4 is 32.4 Å². The first-order chi connectivity index (χ1) is 17.3. The lowest BCUT2D eigenvalue weighted by atomic mass is 10.0. The summed E-state index contributed by atoms with van der Waals surface area (Å²) in [6, 6.07) is 8.89. The van der Waals surface area contributed by atoms with Crippen LogP contribution in [0, 0.1) is 0 Å². The molecule has 0 aliphatic carbocycles. The van der Waals surface area contributed by atoms with E-state index in [2.05, 4.69) is 20.2 Å². The zero-order valence-corrected chi connectivity index (χ0v) is 22.2. The van der Waals surface area contributed by atoms with Crippen molar-refractivity contribution in [1.29, 1.82) is 0 Å². The van der Waals surface area contributed by atoms with Gasteiger partial charge in [-0.15, -0.1) is 10.2 Å². The van der Waals surface area contributed by atoms with Crippen molar-refractivity contribution in [2.45, 2.75) is 50.6 Å². The first kappa shape index (κ1) is 28.4. The van der Waals surface area contributed by atoms with E-state index in [0.717, 1.165) is 23.8 Å². The second-order valence-corrected chi connectivity index (χ2v) is 11.2. The van der Waals surface area contributed by atoms with Crippen LogP contribution in [0.15, 0.2) is 47.4 Å². The van der Waals surface area contributed by atoms with E-state index >= 15 is 0 Å². The van der Waals surface area contributed by atoms with Crippen molar-refractivity contribution in [3.05, 3.63) is 64.2 Å². The summed E-state index contributed by atoms with van der Waals surface area (Å²) in [4.78, 5) is 12.7. The van der Waals surface area contributed by atoms with E-state index in [-0.39, 0.29) is 46.3 Å². The van der Waals surface area contributed by atoms with E-state index in [1.165, 1.54) is 23.5 Å². The number of amides is 1. The highest BCUT2D eigenvalue weighted by molar-refractivity contribution is 7.93. The molecule has 0 radical (unpaired) electrons. The molecule has 0 bridgehead atoms. The van der Waals surface area contributed by atoms with Gasteiger partial charge in [-0.1, -0.05) is 44.2 Å². The third kappa shape index (κ3) is 7.19. The zero-order valence-electron chi connectivity index (χ0n) is 20.6. The molecule has 0 saturated heterocycles. The summed E-state index contributed by atoms with van der Waals surface area (Å²) in [6.07, 6.45) is -4.56. The van der Waals surface area contributed by atoms with E-state index in [1.807, 2.05) is 20.8 Å². The van der Waals surface area contributed by atoms with Gasteiger partial charge >= 0.3 is 6.18 Å². The van der Waals surface area contributed by atoms with Crippen molar-refractivity contribution < 1.29 is 31.1 Å². The van der Waals surface area contributed by atoms with Gasteiger partial charge in [0.15, 0.2) is 0 Å². The highest BCUT2D eigenvalue weighted by Gasteiger charge is 2.32. The molecule has 0 fully saturated rings. The molecule has 1 heterocycles. The lowest BCUT2D eigenvalue weighted by Crippen LogP contribution is -2.28. The Hall–Kier alpha value is -3.19. The van der Waals surface area contributed by atoms with Crippen LogP contribution in [0.1, 0.15) is 66.0 Å². The molecule has 2 N–H and O–H groups in total. The number of hydrogen-bond donors (Lipinski definition) is 2. The Morgan fingerprint density at radius 1 is 1.08 bits per heavy atom. The predicted molar refractivity (Wildman–Crippen MR) is 135 cm³/mol. The van der Waals surface area contributed by atoms with Gasteiger partial charge in [0.05, 0.1) is 22.6 Å². The van der Waals surface area contributed by atoms with Crippen LogP contribution in [-0.4, -0.2) is 37.7 Å². The maximum atomic E-state index is 13.0. The van der Waals surface area contributed by atoms with Gasteiger partial charge in [-0.2, -0.15) is 13.2 Å². The van der Waals surface area contributed by atoms with Gasteiger partial charge in [0.25, 0.3) is 15.9 Å². The average molecular weight is 557 g/mol. The molecule has 200 valence electrons. The molecule has 13 heteroatoms. The molecule has 37 heavy (non-hydrogen) atoms. The Labute approximate surface area is 217 Å². The normalized spacial score (nSPS) is 12.9. The summed E-state index contributed by atoms with van der Waals surface area (Å²) in [7, 11) is -3.86. The third-order valence-electron chi connectivity index (χ3n) is 5.34. The number of hydrogen-bond acceptors (Lipinski definition) is 7. The minimum atomic E-state index is -4.56.